The maximum atomic E-state index is 14.1. The van der Waals surface area contributed by atoms with Gasteiger partial charge in [-0.25, -0.2) is 0 Å². The van der Waals surface area contributed by atoms with Crippen molar-refractivity contribution in [3.8, 4) is 34.1 Å². The van der Waals surface area contributed by atoms with Gasteiger partial charge in [-0.05, 0) is 0 Å². The van der Waals surface area contributed by atoms with Crippen LogP contribution in [0.5, 0.6) is 23.0 Å². The molecule has 0 aliphatic carbocycles. The van der Waals surface area contributed by atoms with E-state index < -0.39 is 37.9 Å². The summed E-state index contributed by atoms with van der Waals surface area (Å²) >= 11 is 0. The van der Waals surface area contributed by atoms with Crippen LogP contribution in [-0.2, 0) is 31.1 Å². The van der Waals surface area contributed by atoms with Crippen molar-refractivity contribution in [3.63, 3.8) is 0 Å². The van der Waals surface area contributed by atoms with Crippen LogP contribution >= 0.6 is 15.9 Å². The van der Waals surface area contributed by atoms with E-state index in [1.165, 1.54) is 0 Å². The first-order valence-electron chi connectivity index (χ1n) is 26.2. The standard InChI is InChI=1S/C68H64O8P2/c1-65(2,3)61-45-55(71-7)43-59(63(61)73-77-75-67(51-29-13-9-14-30-51,52-31-15-10-16-32-52)68(76-77,53-33-17-11-18-34-53)54-35-19-12-20-36-54)60-44-56(72-8)46-62(66(4,5)6)64(60)74-78(69,70,57-39-37-47-25-21-23-27-49(47)41-57)58-40-38-48-26-22-24-28-50(48)42-58/h9-46,69-70H,1-8H3. The van der Waals surface area contributed by atoms with Crippen LogP contribution in [0.2, 0.25) is 0 Å². The second-order valence-electron chi connectivity index (χ2n) is 22.0. The first-order valence-corrected chi connectivity index (χ1v) is 29.4. The zero-order valence-electron chi connectivity index (χ0n) is 45.2. The zero-order valence-corrected chi connectivity index (χ0v) is 47.0. The van der Waals surface area contributed by atoms with E-state index in [0.29, 0.717) is 33.9 Å². The van der Waals surface area contributed by atoms with Gasteiger partial charge in [0.2, 0.25) is 0 Å². The van der Waals surface area contributed by atoms with Gasteiger partial charge >= 0.3 is 437 Å². The maximum absolute atomic E-state index is 14.1. The number of rotatable bonds is 13. The number of methoxy groups -OCH3 is 2. The van der Waals surface area contributed by atoms with Crippen LogP contribution in [0.1, 0.15) is 74.9 Å². The van der Waals surface area contributed by atoms with Gasteiger partial charge in [0.15, 0.2) is 0 Å². The van der Waals surface area contributed by atoms with Crippen molar-refractivity contribution < 1.29 is 37.4 Å². The van der Waals surface area contributed by atoms with Crippen molar-refractivity contribution in [1.82, 2.24) is 0 Å². The van der Waals surface area contributed by atoms with E-state index in [1.807, 2.05) is 170 Å². The van der Waals surface area contributed by atoms with Gasteiger partial charge < -0.3 is 0 Å². The molecule has 10 heteroatoms. The van der Waals surface area contributed by atoms with Crippen LogP contribution in [-0.4, -0.2) is 24.0 Å². The molecule has 78 heavy (non-hydrogen) atoms. The number of ether oxygens (including phenoxy) is 2. The third-order valence-electron chi connectivity index (χ3n) is 15.0. The third kappa shape index (κ3) is 9.11. The third-order valence-corrected chi connectivity index (χ3v) is 19.1. The first-order chi connectivity index (χ1) is 37.5. The molecule has 11 rings (SSSR count). The van der Waals surface area contributed by atoms with Gasteiger partial charge in [-0.1, -0.05) is 24.3 Å². The van der Waals surface area contributed by atoms with Crippen molar-refractivity contribution >= 4 is 48.0 Å². The minimum absolute atomic E-state index is 0.220. The van der Waals surface area contributed by atoms with Crippen LogP contribution in [0.25, 0.3) is 32.7 Å². The van der Waals surface area contributed by atoms with Gasteiger partial charge in [-0.2, -0.15) is 0 Å². The van der Waals surface area contributed by atoms with Crippen molar-refractivity contribution in [1.29, 1.82) is 0 Å². The summed E-state index contributed by atoms with van der Waals surface area (Å²) in [6.45, 7) is 12.6. The molecule has 10 aromatic carbocycles. The monoisotopic (exact) mass is 1070 g/mol. The first kappa shape index (κ1) is 52.7. The second kappa shape index (κ2) is 20.1. The Bertz CT molecular complexity index is 3550. The fraction of sp³-hybridized carbons (Fsp3) is 0.176. The molecular weight excluding hydrogens is 1010 g/mol. The fourth-order valence-electron chi connectivity index (χ4n) is 11.0. The molecule has 8 nitrogen and oxygen atoms in total. The van der Waals surface area contributed by atoms with Crippen molar-refractivity contribution in [2.24, 2.45) is 0 Å². The summed E-state index contributed by atoms with van der Waals surface area (Å²) in [6.07, 6.45) is 0. The van der Waals surface area contributed by atoms with E-state index >= 15 is 0 Å². The van der Waals surface area contributed by atoms with E-state index in [2.05, 4.69) is 90.1 Å². The van der Waals surface area contributed by atoms with E-state index in [1.54, 1.807) is 26.4 Å². The number of benzene rings is 10. The molecule has 1 saturated heterocycles. The topological polar surface area (TPSA) is 95.8 Å². The Balaban J connectivity index is 1.20. The summed E-state index contributed by atoms with van der Waals surface area (Å²) in [5.74, 6) is 1.69. The molecule has 2 N–H and O–H groups in total. The summed E-state index contributed by atoms with van der Waals surface area (Å²) in [5.41, 5.74) is 1.95. The Morgan fingerprint density at radius 2 is 0.731 bits per heavy atom. The molecule has 1 aliphatic rings. The van der Waals surface area contributed by atoms with Crippen LogP contribution in [0, 0.1) is 0 Å². The molecule has 0 aromatic heterocycles. The SMILES string of the molecule is COc1cc(-c2cc(OC)cc(C(C)(C)C)c2OP(O)(O)(c2ccc3ccccc3c2)c2ccc3ccccc3c2)c(OP2OC(c3ccccc3)(c3ccccc3)C(c3ccccc3)(c3ccccc3)O2)c(C(C)(C)C)c1. The zero-order chi connectivity index (χ0) is 54.5. The summed E-state index contributed by atoms with van der Waals surface area (Å²) < 4.78 is 43.0. The molecule has 1 fully saturated rings. The predicted octanol–water partition coefficient (Wildman–Crippen LogP) is 16.1. The summed E-state index contributed by atoms with van der Waals surface area (Å²) in [7, 11) is -4.90. The number of hydrogen-bond acceptors (Lipinski definition) is 8. The van der Waals surface area contributed by atoms with Gasteiger partial charge in [0, 0.05) is 0 Å². The van der Waals surface area contributed by atoms with Gasteiger partial charge in [-0.3, -0.25) is 0 Å². The van der Waals surface area contributed by atoms with Crippen molar-refractivity contribution in [3.05, 3.63) is 264 Å². The predicted molar refractivity (Wildman–Crippen MR) is 319 cm³/mol. The molecule has 0 amide bonds. The quantitative estimate of drug-likeness (QED) is 0.110. The molecule has 0 spiro atoms. The van der Waals surface area contributed by atoms with Crippen LogP contribution in [0.3, 0.4) is 0 Å². The molecule has 0 bridgehead atoms. The minimum atomic E-state index is -5.79. The van der Waals surface area contributed by atoms with Gasteiger partial charge in [-0.15, -0.1) is 0 Å². The molecule has 0 atom stereocenters. The average Bonchev–Trinajstić information content (AvgIpc) is 3.75. The molecule has 0 radical (unpaired) electrons. The normalized spacial score (nSPS) is 15.1. The molecule has 10 aromatic rings. The molecular formula is C68H64O8P2. The molecule has 0 saturated carbocycles. The molecule has 1 aliphatic heterocycles. The Kier molecular flexibility index (Phi) is 13.6. The average molecular weight is 1070 g/mol. The summed E-state index contributed by atoms with van der Waals surface area (Å²) in [4.78, 5) is 28.1. The number of hydrogen-bond donors (Lipinski definition) is 2. The van der Waals surface area contributed by atoms with Crippen LogP contribution < -0.4 is 29.1 Å². The van der Waals surface area contributed by atoms with E-state index in [9.17, 15) is 9.79 Å². The summed E-state index contributed by atoms with van der Waals surface area (Å²) in [5, 5.41) is 3.98. The van der Waals surface area contributed by atoms with E-state index in [4.69, 9.17) is 27.6 Å². The van der Waals surface area contributed by atoms with E-state index in [-0.39, 0.29) is 16.4 Å². The Morgan fingerprint density at radius 1 is 0.397 bits per heavy atom. The summed E-state index contributed by atoms with van der Waals surface area (Å²) in [6, 6.07) is 75.3. The second-order valence-corrected chi connectivity index (χ2v) is 26.1. The molecule has 394 valence electrons. The van der Waals surface area contributed by atoms with Crippen LogP contribution in [0.4, 0.5) is 0 Å². The van der Waals surface area contributed by atoms with Gasteiger partial charge in [0.25, 0.3) is 0 Å². The molecule has 1 heterocycles. The van der Waals surface area contributed by atoms with Gasteiger partial charge in [0.05, 0.1) is 0 Å². The van der Waals surface area contributed by atoms with Crippen molar-refractivity contribution in [2.75, 3.05) is 14.2 Å². The Morgan fingerprint density at radius 3 is 1.09 bits per heavy atom. The fourth-order valence-corrected chi connectivity index (χ4v) is 15.0. The van der Waals surface area contributed by atoms with Gasteiger partial charge in [0.1, 0.15) is 0 Å². The Labute approximate surface area is 459 Å². The van der Waals surface area contributed by atoms with E-state index in [0.717, 1.165) is 49.4 Å². The van der Waals surface area contributed by atoms with Crippen molar-refractivity contribution in [2.45, 2.75) is 63.6 Å². The molecule has 0 unspecified atom stereocenters. The number of fused-ring (bicyclic) bond motifs is 2. The Hall–Kier alpha value is -7.38. The van der Waals surface area contributed by atoms with Crippen LogP contribution in [0.15, 0.2) is 231 Å².